The molecule has 3 N–H and O–H groups in total. The van der Waals surface area contributed by atoms with Crippen molar-refractivity contribution in [3.63, 3.8) is 0 Å². The van der Waals surface area contributed by atoms with Crippen LogP contribution in [0.15, 0.2) is 0 Å². The second-order valence-electron chi connectivity index (χ2n) is 3.76. The molecule has 8 heteroatoms. The van der Waals surface area contributed by atoms with E-state index in [4.69, 9.17) is 10.5 Å². The normalized spacial score (nSPS) is 10.5. The van der Waals surface area contributed by atoms with E-state index < -0.39 is 35.9 Å². The third-order valence-electron chi connectivity index (χ3n) is 2.82. The molecule has 0 bridgehead atoms. The molecule has 0 radical (unpaired) electrons. The van der Waals surface area contributed by atoms with E-state index >= 15 is 0 Å². The van der Waals surface area contributed by atoms with Gasteiger partial charge in [-0.25, -0.2) is 9.59 Å². The van der Waals surface area contributed by atoms with Gasteiger partial charge >= 0.3 is 18.0 Å². The van der Waals surface area contributed by atoms with Gasteiger partial charge in [-0.1, -0.05) is 13.8 Å². The smallest absolute Gasteiger partial charge is 0.344 e. The summed E-state index contributed by atoms with van der Waals surface area (Å²) >= 11 is 0. The SMILES string of the molecule is CCC(CC)(C(=O)NC(N)=O)C(=O)OCC(=O)OC. The number of nitrogens with one attached hydrogen (secondary N) is 1. The van der Waals surface area contributed by atoms with Crippen molar-refractivity contribution in [1.82, 2.24) is 5.32 Å². The lowest BCUT2D eigenvalue weighted by Crippen LogP contribution is -2.50. The molecule has 0 aliphatic heterocycles. The summed E-state index contributed by atoms with van der Waals surface area (Å²) in [6, 6.07) is -1.06. The van der Waals surface area contributed by atoms with Crippen LogP contribution < -0.4 is 11.1 Å². The number of hydrogen-bond donors (Lipinski definition) is 2. The highest BCUT2D eigenvalue weighted by molar-refractivity contribution is 6.08. The van der Waals surface area contributed by atoms with Crippen molar-refractivity contribution in [1.29, 1.82) is 0 Å². The number of methoxy groups -OCH3 is 1. The molecule has 19 heavy (non-hydrogen) atoms. The van der Waals surface area contributed by atoms with Gasteiger partial charge in [0.15, 0.2) is 6.61 Å². The number of nitrogens with two attached hydrogens (primary N) is 1. The maximum Gasteiger partial charge on any atom is 0.344 e. The van der Waals surface area contributed by atoms with Crippen LogP contribution in [0, 0.1) is 5.41 Å². The fourth-order valence-electron chi connectivity index (χ4n) is 1.51. The van der Waals surface area contributed by atoms with Crippen LogP contribution in [0.4, 0.5) is 4.79 Å². The summed E-state index contributed by atoms with van der Waals surface area (Å²) in [5.41, 5.74) is 3.29. The Balaban J connectivity index is 4.96. The van der Waals surface area contributed by atoms with Crippen molar-refractivity contribution in [2.24, 2.45) is 11.1 Å². The van der Waals surface area contributed by atoms with E-state index in [1.165, 1.54) is 0 Å². The molecule has 3 amide bonds. The average Bonchev–Trinajstić information content (AvgIpc) is 2.37. The first-order chi connectivity index (χ1) is 8.83. The Kier molecular flexibility index (Phi) is 6.53. The van der Waals surface area contributed by atoms with Crippen LogP contribution in [0.1, 0.15) is 26.7 Å². The second kappa shape index (κ2) is 7.34. The fourth-order valence-corrected chi connectivity index (χ4v) is 1.51. The number of rotatable bonds is 6. The molecule has 0 saturated heterocycles. The van der Waals surface area contributed by atoms with Crippen LogP contribution in [-0.2, 0) is 23.9 Å². The van der Waals surface area contributed by atoms with Gasteiger partial charge in [0.25, 0.3) is 0 Å². The van der Waals surface area contributed by atoms with Crippen molar-refractivity contribution in [3.8, 4) is 0 Å². The minimum absolute atomic E-state index is 0.0998. The lowest BCUT2D eigenvalue weighted by Gasteiger charge is -2.26. The van der Waals surface area contributed by atoms with Gasteiger partial charge in [-0.2, -0.15) is 0 Å². The lowest BCUT2D eigenvalue weighted by molar-refractivity contribution is -0.168. The van der Waals surface area contributed by atoms with Gasteiger partial charge in [0.2, 0.25) is 5.91 Å². The first kappa shape index (κ1) is 16.9. The van der Waals surface area contributed by atoms with Gasteiger partial charge in [0.05, 0.1) is 7.11 Å². The van der Waals surface area contributed by atoms with Gasteiger partial charge in [0.1, 0.15) is 5.41 Å². The Labute approximate surface area is 110 Å². The van der Waals surface area contributed by atoms with Gasteiger partial charge in [-0.3, -0.25) is 14.9 Å². The zero-order valence-electron chi connectivity index (χ0n) is 11.1. The van der Waals surface area contributed by atoms with E-state index in [9.17, 15) is 19.2 Å². The number of carbonyl (C=O) groups excluding carboxylic acids is 4. The summed E-state index contributed by atoms with van der Waals surface area (Å²) in [6.45, 7) is 2.58. The largest absolute Gasteiger partial charge is 0.466 e. The Bertz CT molecular complexity index is 375. The molecular formula is C11H18N2O6. The van der Waals surface area contributed by atoms with Crippen molar-refractivity contribution < 1.29 is 28.7 Å². The maximum atomic E-state index is 11.9. The van der Waals surface area contributed by atoms with Crippen molar-refractivity contribution in [3.05, 3.63) is 0 Å². The summed E-state index contributed by atoms with van der Waals surface area (Å²) < 4.78 is 9.03. The van der Waals surface area contributed by atoms with E-state index in [0.29, 0.717) is 0 Å². The number of carbonyl (C=O) groups is 4. The number of primary amides is 1. The van der Waals surface area contributed by atoms with E-state index in [-0.39, 0.29) is 12.8 Å². The van der Waals surface area contributed by atoms with Crippen molar-refractivity contribution in [2.45, 2.75) is 26.7 Å². The van der Waals surface area contributed by atoms with E-state index in [2.05, 4.69) is 4.74 Å². The molecule has 0 aromatic heterocycles. The Hall–Kier alpha value is -2.12. The number of imide groups is 1. The number of ether oxygens (including phenoxy) is 2. The molecule has 0 spiro atoms. The van der Waals surface area contributed by atoms with E-state index in [0.717, 1.165) is 7.11 Å². The van der Waals surface area contributed by atoms with Crippen LogP contribution in [0.3, 0.4) is 0 Å². The monoisotopic (exact) mass is 274 g/mol. The summed E-state index contributed by atoms with van der Waals surface area (Å²) in [5, 5.41) is 1.85. The molecule has 0 aliphatic rings. The first-order valence-corrected chi connectivity index (χ1v) is 5.69. The highest BCUT2D eigenvalue weighted by Gasteiger charge is 2.45. The molecule has 0 heterocycles. The molecule has 0 rings (SSSR count). The minimum Gasteiger partial charge on any atom is -0.466 e. The fraction of sp³-hybridized carbons (Fsp3) is 0.636. The summed E-state index contributed by atoms with van der Waals surface area (Å²) in [4.78, 5) is 45.4. The predicted octanol–water partition coefficient (Wildman–Crippen LogP) is -0.296. The Morgan fingerprint density at radius 2 is 1.68 bits per heavy atom. The first-order valence-electron chi connectivity index (χ1n) is 5.69. The number of esters is 2. The molecule has 0 aromatic carbocycles. The molecule has 0 atom stereocenters. The number of hydrogen-bond acceptors (Lipinski definition) is 6. The third-order valence-corrected chi connectivity index (χ3v) is 2.82. The van der Waals surface area contributed by atoms with Crippen molar-refractivity contribution >= 4 is 23.9 Å². The highest BCUT2D eigenvalue weighted by Crippen LogP contribution is 2.28. The molecular weight excluding hydrogens is 256 g/mol. The molecule has 108 valence electrons. The summed E-state index contributed by atoms with van der Waals surface area (Å²) in [5.74, 6) is -2.49. The van der Waals surface area contributed by atoms with Gasteiger partial charge in [-0.05, 0) is 12.8 Å². The quantitative estimate of drug-likeness (QED) is 0.506. The lowest BCUT2D eigenvalue weighted by atomic mass is 9.81. The van der Waals surface area contributed by atoms with Crippen LogP contribution in [-0.4, -0.2) is 37.6 Å². The molecule has 0 aromatic rings. The van der Waals surface area contributed by atoms with Gasteiger partial charge in [-0.15, -0.1) is 0 Å². The molecule has 0 aliphatic carbocycles. The van der Waals surface area contributed by atoms with Crippen LogP contribution in [0.25, 0.3) is 0 Å². The molecule has 0 saturated carbocycles. The maximum absolute atomic E-state index is 11.9. The zero-order chi connectivity index (χ0) is 15.1. The predicted molar refractivity (Wildman–Crippen MR) is 63.7 cm³/mol. The van der Waals surface area contributed by atoms with E-state index in [1.54, 1.807) is 13.8 Å². The number of urea groups is 1. The van der Waals surface area contributed by atoms with Crippen LogP contribution in [0.2, 0.25) is 0 Å². The standard InChI is InChI=1S/C11H18N2O6/c1-4-11(5-2,8(15)13-10(12)17)9(16)19-6-7(14)18-3/h4-6H2,1-3H3,(H3,12,13,15,17). The topological polar surface area (TPSA) is 125 Å². The third kappa shape index (κ3) is 4.23. The molecule has 8 nitrogen and oxygen atoms in total. The second-order valence-corrected chi connectivity index (χ2v) is 3.76. The zero-order valence-corrected chi connectivity index (χ0v) is 11.1. The minimum atomic E-state index is -1.55. The van der Waals surface area contributed by atoms with E-state index in [1.807, 2.05) is 5.32 Å². The van der Waals surface area contributed by atoms with Crippen LogP contribution in [0.5, 0.6) is 0 Å². The Morgan fingerprint density at radius 3 is 2.05 bits per heavy atom. The van der Waals surface area contributed by atoms with Gasteiger partial charge in [0, 0.05) is 0 Å². The Morgan fingerprint density at radius 1 is 1.16 bits per heavy atom. The average molecular weight is 274 g/mol. The summed E-state index contributed by atoms with van der Waals surface area (Å²) in [7, 11) is 1.14. The molecule has 0 fully saturated rings. The summed E-state index contributed by atoms with van der Waals surface area (Å²) in [6.07, 6.45) is 0.200. The van der Waals surface area contributed by atoms with Crippen LogP contribution >= 0.6 is 0 Å². The highest BCUT2D eigenvalue weighted by atomic mass is 16.6. The molecule has 0 unspecified atom stereocenters. The number of amides is 3. The van der Waals surface area contributed by atoms with Crippen molar-refractivity contribution in [2.75, 3.05) is 13.7 Å². The van der Waals surface area contributed by atoms with Gasteiger partial charge < -0.3 is 15.2 Å².